The molecule has 0 aromatic heterocycles. The first-order valence-corrected chi connectivity index (χ1v) is 12.4. The fourth-order valence-electron chi connectivity index (χ4n) is 4.56. The van der Waals surface area contributed by atoms with Crippen LogP contribution in [0.5, 0.6) is 11.5 Å². The first-order valence-electron chi connectivity index (χ1n) is 10.3. The first kappa shape index (κ1) is 18.7. The number of hydrogen-bond acceptors (Lipinski definition) is 3. The fourth-order valence-corrected chi connectivity index (χ4v) is 7.43. The lowest BCUT2D eigenvalue weighted by molar-refractivity contribution is 0.122. The number of rotatable bonds is 4. The lowest BCUT2D eigenvalue weighted by Crippen LogP contribution is -2.47. The van der Waals surface area contributed by atoms with E-state index in [-0.39, 0.29) is 0 Å². The van der Waals surface area contributed by atoms with Gasteiger partial charge in [-0.2, -0.15) is 0 Å². The summed E-state index contributed by atoms with van der Waals surface area (Å²) in [6, 6.07) is 18.4. The fraction of sp³-hybridized carbons (Fsp3) is 0.478. The van der Waals surface area contributed by atoms with Gasteiger partial charge in [-0.25, -0.2) is 0 Å². The van der Waals surface area contributed by atoms with Crippen LogP contribution in [0.4, 0.5) is 0 Å². The van der Waals surface area contributed by atoms with Gasteiger partial charge in [0.2, 0.25) is 0 Å². The van der Waals surface area contributed by atoms with Gasteiger partial charge in [0.05, 0.1) is 0 Å². The average Bonchev–Trinajstić information content (AvgIpc) is 2.70. The molecular formula is C23H31NO2S. The highest BCUT2D eigenvalue weighted by Crippen LogP contribution is 2.32. The summed E-state index contributed by atoms with van der Waals surface area (Å²) < 4.78 is 19.4. The number of benzene rings is 2. The Hall–Kier alpha value is -1.65. The molecule has 27 heavy (non-hydrogen) atoms. The summed E-state index contributed by atoms with van der Waals surface area (Å²) in [5.74, 6) is 4.13. The van der Waals surface area contributed by atoms with E-state index in [4.69, 9.17) is 4.74 Å². The molecule has 0 aliphatic carbocycles. The van der Waals surface area contributed by atoms with E-state index in [2.05, 4.69) is 11.8 Å². The van der Waals surface area contributed by atoms with Gasteiger partial charge in [-0.05, 0) is 74.5 Å². The van der Waals surface area contributed by atoms with Crippen molar-refractivity contribution < 1.29 is 8.95 Å². The van der Waals surface area contributed by atoms with E-state index in [1.807, 2.05) is 54.6 Å². The van der Waals surface area contributed by atoms with E-state index in [9.17, 15) is 4.21 Å². The first-order chi connectivity index (χ1) is 13.1. The van der Waals surface area contributed by atoms with Crippen LogP contribution in [0.2, 0.25) is 0 Å². The van der Waals surface area contributed by atoms with Gasteiger partial charge in [-0.15, -0.1) is 0 Å². The second-order valence-corrected chi connectivity index (χ2v) is 11.4. The molecule has 0 bridgehead atoms. The summed E-state index contributed by atoms with van der Waals surface area (Å²) in [6.45, 7) is 4.81. The molecular weight excluding hydrogens is 354 g/mol. The lowest BCUT2D eigenvalue weighted by Gasteiger charge is -2.42. The molecule has 2 aliphatic heterocycles. The molecule has 4 rings (SSSR count). The minimum Gasteiger partial charge on any atom is -0.457 e. The van der Waals surface area contributed by atoms with Gasteiger partial charge in [-0.1, -0.05) is 35.1 Å². The van der Waals surface area contributed by atoms with E-state index < -0.39 is 9.93 Å². The highest BCUT2D eigenvalue weighted by Gasteiger charge is 2.31. The highest BCUT2D eigenvalue weighted by molar-refractivity contribution is 8.03. The van der Waals surface area contributed by atoms with E-state index in [0.29, 0.717) is 6.04 Å². The van der Waals surface area contributed by atoms with Gasteiger partial charge in [0.15, 0.2) is 0 Å². The Kier molecular flexibility index (Phi) is 5.65. The van der Waals surface area contributed by atoms with Crippen LogP contribution in [0, 0.1) is 5.92 Å². The summed E-state index contributed by atoms with van der Waals surface area (Å²) in [4.78, 5) is 3.68. The quantitative estimate of drug-likeness (QED) is 0.770. The normalized spacial score (nSPS) is 27.0. The molecule has 2 aliphatic rings. The molecule has 0 saturated carbocycles. The number of nitrogens with zero attached hydrogens (tertiary/aromatic N) is 1. The molecule has 0 radical (unpaired) electrons. The van der Waals surface area contributed by atoms with Gasteiger partial charge in [0, 0.05) is 29.0 Å². The molecule has 146 valence electrons. The van der Waals surface area contributed by atoms with E-state index in [1.54, 1.807) is 0 Å². The van der Waals surface area contributed by atoms with E-state index in [1.165, 1.54) is 25.9 Å². The van der Waals surface area contributed by atoms with Crippen LogP contribution in [0.3, 0.4) is 0 Å². The van der Waals surface area contributed by atoms with E-state index >= 15 is 0 Å². The Morgan fingerprint density at radius 3 is 2.26 bits per heavy atom. The summed E-state index contributed by atoms with van der Waals surface area (Å²) in [6.07, 6.45) is 4.83. The molecule has 0 amide bonds. The highest BCUT2D eigenvalue weighted by atomic mass is 32.2. The minimum atomic E-state index is -2.25. The largest absolute Gasteiger partial charge is 0.457 e. The SMILES string of the molecule is CC1CCCN(C2CC[SH](=O)(c3ccc(Oc4ccccc4)cc3)CC2)C1. The van der Waals surface area contributed by atoms with Crippen molar-refractivity contribution in [2.24, 2.45) is 5.92 Å². The molecule has 2 aromatic rings. The van der Waals surface area contributed by atoms with Crippen molar-refractivity contribution in [3.05, 3.63) is 54.6 Å². The Morgan fingerprint density at radius 1 is 0.926 bits per heavy atom. The topological polar surface area (TPSA) is 29.5 Å². The zero-order chi connectivity index (χ0) is 18.7. The monoisotopic (exact) mass is 385 g/mol. The predicted octanol–water partition coefficient (Wildman–Crippen LogP) is 4.75. The van der Waals surface area contributed by atoms with Gasteiger partial charge < -0.3 is 9.64 Å². The molecule has 0 spiro atoms. The molecule has 2 aromatic carbocycles. The second-order valence-electron chi connectivity index (χ2n) is 8.22. The predicted molar refractivity (Wildman–Crippen MR) is 113 cm³/mol. The maximum Gasteiger partial charge on any atom is 0.127 e. The molecule has 2 heterocycles. The van der Waals surface area contributed by atoms with Crippen LogP contribution in [-0.4, -0.2) is 39.7 Å². The smallest absolute Gasteiger partial charge is 0.127 e. The number of para-hydroxylation sites is 1. The third-order valence-corrected chi connectivity index (χ3v) is 9.34. The van der Waals surface area contributed by atoms with Crippen molar-refractivity contribution in [3.8, 4) is 11.5 Å². The van der Waals surface area contributed by atoms with Gasteiger partial charge in [0.1, 0.15) is 11.5 Å². The van der Waals surface area contributed by atoms with Crippen molar-refractivity contribution in [1.29, 1.82) is 0 Å². The van der Waals surface area contributed by atoms with Crippen LogP contribution >= 0.6 is 0 Å². The number of ether oxygens (including phenoxy) is 1. The molecule has 1 atom stereocenters. The van der Waals surface area contributed by atoms with Crippen LogP contribution < -0.4 is 4.74 Å². The third kappa shape index (κ3) is 4.44. The summed E-state index contributed by atoms with van der Waals surface area (Å²) in [5, 5.41) is 0. The van der Waals surface area contributed by atoms with Crippen LogP contribution in [0.25, 0.3) is 0 Å². The van der Waals surface area contributed by atoms with E-state index in [0.717, 1.165) is 46.7 Å². The number of thiol groups is 1. The van der Waals surface area contributed by atoms with Gasteiger partial charge in [-0.3, -0.25) is 4.21 Å². The summed E-state index contributed by atoms with van der Waals surface area (Å²) >= 11 is 0. The van der Waals surface area contributed by atoms with Crippen LogP contribution in [0.1, 0.15) is 32.6 Å². The third-order valence-electron chi connectivity index (χ3n) is 6.14. The maximum atomic E-state index is 13.5. The van der Waals surface area contributed by atoms with Crippen molar-refractivity contribution in [2.75, 3.05) is 24.6 Å². The summed E-state index contributed by atoms with van der Waals surface area (Å²) in [7, 11) is -2.25. The zero-order valence-electron chi connectivity index (χ0n) is 16.2. The Balaban J connectivity index is 1.38. The van der Waals surface area contributed by atoms with Crippen molar-refractivity contribution in [3.63, 3.8) is 0 Å². The molecule has 2 fully saturated rings. The Bertz CT molecular complexity index is 778. The van der Waals surface area contributed by atoms with Crippen molar-refractivity contribution in [2.45, 2.75) is 43.5 Å². The van der Waals surface area contributed by atoms with Crippen LogP contribution in [0.15, 0.2) is 59.5 Å². The maximum absolute atomic E-state index is 13.5. The molecule has 1 unspecified atom stereocenters. The number of hydrogen-bond donors (Lipinski definition) is 1. The minimum absolute atomic E-state index is 0.635. The Morgan fingerprint density at radius 2 is 1.59 bits per heavy atom. The van der Waals surface area contributed by atoms with Crippen molar-refractivity contribution >= 4 is 9.93 Å². The van der Waals surface area contributed by atoms with Crippen LogP contribution in [-0.2, 0) is 9.93 Å². The zero-order valence-corrected chi connectivity index (χ0v) is 17.1. The second kappa shape index (κ2) is 8.15. The molecule has 3 nitrogen and oxygen atoms in total. The lowest BCUT2D eigenvalue weighted by atomic mass is 9.97. The standard InChI is InChI=1S/C23H31NO2S/c1-19-6-5-15-24(18-19)20-13-16-27(25,17-14-20)23-11-9-22(10-12-23)26-21-7-3-2-4-8-21/h2-4,7-12,19-20,27H,5-6,13-18H2,1H3. The number of piperidine rings is 1. The number of likely N-dealkylation sites (tertiary alicyclic amines) is 1. The molecule has 2 saturated heterocycles. The van der Waals surface area contributed by atoms with Crippen molar-refractivity contribution in [1.82, 2.24) is 4.90 Å². The molecule has 0 N–H and O–H groups in total. The molecule has 4 heteroatoms. The average molecular weight is 386 g/mol. The summed E-state index contributed by atoms with van der Waals surface area (Å²) in [5.41, 5.74) is 0. The van der Waals surface area contributed by atoms with Gasteiger partial charge in [0.25, 0.3) is 0 Å². The van der Waals surface area contributed by atoms with Gasteiger partial charge >= 0.3 is 0 Å². The Labute approximate surface area is 164 Å².